The standard InChI is InChI=1S/C31H36O5/c1-24-29(33-21-25-13-5-2-6-14-25)31(35-23-27-17-9-4-10-18-27)30(28(36-24)19-11-12-20-32)34-22-26-15-7-3-8-16-26/h2-10,13-18,20,24,28-31H,11-12,19,21-23H2,1H3/t24-,28-,29+,30+,31+/m0/s1. The van der Waals surface area contributed by atoms with Crippen molar-refractivity contribution in [1.29, 1.82) is 0 Å². The summed E-state index contributed by atoms with van der Waals surface area (Å²) in [7, 11) is 0. The molecule has 3 aromatic rings. The predicted octanol–water partition coefficient (Wildman–Crippen LogP) is 5.90. The maximum Gasteiger partial charge on any atom is 0.119 e. The van der Waals surface area contributed by atoms with Crippen molar-refractivity contribution < 1.29 is 23.7 Å². The molecule has 5 atom stereocenters. The van der Waals surface area contributed by atoms with Crippen LogP contribution < -0.4 is 0 Å². The molecule has 0 N–H and O–H groups in total. The first-order chi connectivity index (χ1) is 17.7. The molecule has 0 unspecified atom stereocenters. The number of hydrogen-bond donors (Lipinski definition) is 0. The second-order valence-corrected chi connectivity index (χ2v) is 9.26. The zero-order valence-electron chi connectivity index (χ0n) is 20.9. The van der Waals surface area contributed by atoms with Crippen LogP contribution in [-0.4, -0.2) is 36.8 Å². The number of ether oxygens (including phenoxy) is 4. The van der Waals surface area contributed by atoms with Crippen molar-refractivity contribution in [3.8, 4) is 0 Å². The van der Waals surface area contributed by atoms with E-state index in [9.17, 15) is 4.79 Å². The van der Waals surface area contributed by atoms with E-state index in [1.54, 1.807) is 0 Å². The molecular formula is C31H36O5. The van der Waals surface area contributed by atoms with Gasteiger partial charge >= 0.3 is 0 Å². The third-order valence-electron chi connectivity index (χ3n) is 6.53. The molecule has 0 bridgehead atoms. The smallest absolute Gasteiger partial charge is 0.119 e. The first-order valence-electron chi connectivity index (χ1n) is 12.8. The molecule has 0 radical (unpaired) electrons. The lowest BCUT2D eigenvalue weighted by Gasteiger charge is -2.45. The Morgan fingerprint density at radius 1 is 0.667 bits per heavy atom. The lowest BCUT2D eigenvalue weighted by Crippen LogP contribution is -2.59. The predicted molar refractivity (Wildman–Crippen MR) is 139 cm³/mol. The van der Waals surface area contributed by atoms with Gasteiger partial charge in [-0.05, 0) is 36.5 Å². The van der Waals surface area contributed by atoms with Crippen LogP contribution in [0.15, 0.2) is 91.0 Å². The summed E-state index contributed by atoms with van der Waals surface area (Å²) in [6.07, 6.45) is 1.57. The summed E-state index contributed by atoms with van der Waals surface area (Å²) in [6.45, 7) is 3.40. The number of benzene rings is 3. The molecule has 0 spiro atoms. The van der Waals surface area contributed by atoms with Crippen molar-refractivity contribution >= 4 is 6.29 Å². The molecule has 5 heteroatoms. The molecule has 0 aromatic heterocycles. The Balaban J connectivity index is 1.56. The Hall–Kier alpha value is -2.83. The van der Waals surface area contributed by atoms with Crippen LogP contribution in [0.2, 0.25) is 0 Å². The van der Waals surface area contributed by atoms with Crippen molar-refractivity contribution in [2.75, 3.05) is 0 Å². The average molecular weight is 489 g/mol. The Labute approximate surface area is 214 Å². The highest BCUT2D eigenvalue weighted by Gasteiger charge is 2.46. The monoisotopic (exact) mass is 488 g/mol. The Bertz CT molecular complexity index is 1010. The highest BCUT2D eigenvalue weighted by atomic mass is 16.6. The van der Waals surface area contributed by atoms with Gasteiger partial charge in [-0.25, -0.2) is 0 Å². The van der Waals surface area contributed by atoms with Crippen molar-refractivity contribution in [3.63, 3.8) is 0 Å². The molecule has 0 saturated carbocycles. The minimum Gasteiger partial charge on any atom is -0.370 e. The first-order valence-corrected chi connectivity index (χ1v) is 12.8. The minimum absolute atomic E-state index is 0.188. The quantitative estimate of drug-likeness (QED) is 0.222. The molecule has 0 aliphatic carbocycles. The van der Waals surface area contributed by atoms with Gasteiger partial charge in [-0.1, -0.05) is 91.0 Å². The summed E-state index contributed by atoms with van der Waals surface area (Å²) < 4.78 is 26.0. The van der Waals surface area contributed by atoms with Crippen LogP contribution in [0.1, 0.15) is 42.9 Å². The number of rotatable bonds is 13. The van der Waals surface area contributed by atoms with E-state index in [1.807, 2.05) is 61.5 Å². The second kappa shape index (κ2) is 14.0. The van der Waals surface area contributed by atoms with E-state index >= 15 is 0 Å². The summed E-state index contributed by atoms with van der Waals surface area (Å²) >= 11 is 0. The topological polar surface area (TPSA) is 54.0 Å². The highest BCUT2D eigenvalue weighted by Crippen LogP contribution is 2.32. The van der Waals surface area contributed by atoms with Crippen LogP contribution in [0.3, 0.4) is 0 Å². The zero-order chi connectivity index (χ0) is 25.0. The van der Waals surface area contributed by atoms with E-state index in [2.05, 4.69) is 36.4 Å². The highest BCUT2D eigenvalue weighted by molar-refractivity contribution is 5.48. The second-order valence-electron chi connectivity index (χ2n) is 9.26. The van der Waals surface area contributed by atoms with Crippen molar-refractivity contribution in [2.45, 2.75) is 76.5 Å². The normalized spacial score (nSPS) is 23.9. The van der Waals surface area contributed by atoms with Gasteiger partial charge in [0.05, 0.1) is 32.0 Å². The summed E-state index contributed by atoms with van der Waals surface area (Å²) in [6, 6.07) is 30.4. The van der Waals surface area contributed by atoms with E-state index < -0.39 is 0 Å². The molecule has 190 valence electrons. The van der Waals surface area contributed by atoms with Gasteiger partial charge in [0, 0.05) is 6.42 Å². The van der Waals surface area contributed by atoms with Crippen LogP contribution in [0, 0.1) is 0 Å². The number of carbonyl (C=O) groups is 1. The van der Waals surface area contributed by atoms with Crippen molar-refractivity contribution in [1.82, 2.24) is 0 Å². The van der Waals surface area contributed by atoms with Gasteiger partial charge < -0.3 is 23.7 Å². The van der Waals surface area contributed by atoms with Gasteiger partial charge in [-0.3, -0.25) is 0 Å². The maximum atomic E-state index is 11.0. The van der Waals surface area contributed by atoms with Gasteiger partial charge in [0.15, 0.2) is 0 Å². The summed E-state index contributed by atoms with van der Waals surface area (Å²) in [4.78, 5) is 11.0. The summed E-state index contributed by atoms with van der Waals surface area (Å²) in [5.41, 5.74) is 3.28. The van der Waals surface area contributed by atoms with Gasteiger partial charge in [0.1, 0.15) is 24.6 Å². The fourth-order valence-electron chi connectivity index (χ4n) is 4.65. The molecule has 5 nitrogen and oxygen atoms in total. The first kappa shape index (κ1) is 26.2. The molecule has 1 heterocycles. The number of aldehydes is 1. The molecule has 4 rings (SSSR count). The van der Waals surface area contributed by atoms with E-state index in [1.165, 1.54) is 0 Å². The number of unbranched alkanes of at least 4 members (excludes halogenated alkanes) is 1. The van der Waals surface area contributed by atoms with Gasteiger partial charge in [-0.2, -0.15) is 0 Å². The molecule has 1 saturated heterocycles. The molecule has 0 amide bonds. The van der Waals surface area contributed by atoms with E-state index in [4.69, 9.17) is 18.9 Å². The van der Waals surface area contributed by atoms with Crippen LogP contribution in [0.4, 0.5) is 0 Å². The van der Waals surface area contributed by atoms with Gasteiger partial charge in [0.2, 0.25) is 0 Å². The maximum absolute atomic E-state index is 11.0. The summed E-state index contributed by atoms with van der Waals surface area (Å²) in [5, 5.41) is 0. The molecule has 1 aliphatic heterocycles. The number of hydrogen-bond acceptors (Lipinski definition) is 5. The molecule has 1 aliphatic rings. The van der Waals surface area contributed by atoms with Gasteiger partial charge in [0.25, 0.3) is 0 Å². The van der Waals surface area contributed by atoms with Crippen LogP contribution in [0.5, 0.6) is 0 Å². The third-order valence-corrected chi connectivity index (χ3v) is 6.53. The van der Waals surface area contributed by atoms with Crippen LogP contribution >= 0.6 is 0 Å². The fourth-order valence-corrected chi connectivity index (χ4v) is 4.65. The Kier molecular flexibility index (Phi) is 10.2. The third kappa shape index (κ3) is 7.58. The molecule has 36 heavy (non-hydrogen) atoms. The van der Waals surface area contributed by atoms with E-state index in [0.717, 1.165) is 35.8 Å². The van der Waals surface area contributed by atoms with Gasteiger partial charge in [-0.15, -0.1) is 0 Å². The van der Waals surface area contributed by atoms with Crippen LogP contribution in [-0.2, 0) is 43.6 Å². The molecule has 3 aromatic carbocycles. The number of carbonyl (C=O) groups excluding carboxylic acids is 1. The minimum atomic E-state index is -0.336. The SMILES string of the molecule is C[C@@H]1O[C@@H](CCCC=O)[C@@H](OCc2ccccc2)[C@H](OCc2ccccc2)[C@@H]1OCc1ccccc1. The molecular weight excluding hydrogens is 452 g/mol. The Morgan fingerprint density at radius 2 is 1.11 bits per heavy atom. The largest absolute Gasteiger partial charge is 0.370 e. The van der Waals surface area contributed by atoms with Crippen molar-refractivity contribution in [2.24, 2.45) is 0 Å². The molecule has 1 fully saturated rings. The van der Waals surface area contributed by atoms with E-state index in [0.29, 0.717) is 26.2 Å². The lowest BCUT2D eigenvalue weighted by molar-refractivity contribution is -0.262. The average Bonchev–Trinajstić information content (AvgIpc) is 2.92. The van der Waals surface area contributed by atoms with E-state index in [-0.39, 0.29) is 30.5 Å². The lowest BCUT2D eigenvalue weighted by atomic mass is 9.92. The Morgan fingerprint density at radius 3 is 1.58 bits per heavy atom. The summed E-state index contributed by atoms with van der Waals surface area (Å²) in [5.74, 6) is 0. The zero-order valence-corrected chi connectivity index (χ0v) is 20.9. The van der Waals surface area contributed by atoms with Crippen LogP contribution in [0.25, 0.3) is 0 Å². The fraction of sp³-hybridized carbons (Fsp3) is 0.387. The van der Waals surface area contributed by atoms with Crippen molar-refractivity contribution in [3.05, 3.63) is 108 Å².